The van der Waals surface area contributed by atoms with Crippen LogP contribution in [0, 0.1) is 13.8 Å². The highest BCUT2D eigenvalue weighted by Crippen LogP contribution is 2.14. The summed E-state index contributed by atoms with van der Waals surface area (Å²) >= 11 is 0. The van der Waals surface area contributed by atoms with Gasteiger partial charge in [0, 0.05) is 11.7 Å². The van der Waals surface area contributed by atoms with Crippen LogP contribution in [0.25, 0.3) is 0 Å². The minimum Gasteiger partial charge on any atom is -0.465 e. The van der Waals surface area contributed by atoms with E-state index in [-0.39, 0.29) is 0 Å². The summed E-state index contributed by atoms with van der Waals surface area (Å²) in [4.78, 5) is 10.3. The summed E-state index contributed by atoms with van der Waals surface area (Å²) in [7, 11) is 0. The van der Waals surface area contributed by atoms with Crippen molar-refractivity contribution in [1.82, 2.24) is 0 Å². The van der Waals surface area contributed by atoms with Crippen LogP contribution in [0.3, 0.4) is 0 Å². The molecular formula is C12H18N2O2. The maximum atomic E-state index is 10.3. The molecule has 4 N–H and O–H groups in total. The van der Waals surface area contributed by atoms with Crippen molar-refractivity contribution in [1.29, 1.82) is 0 Å². The molecular weight excluding hydrogens is 204 g/mol. The molecule has 0 radical (unpaired) electrons. The first kappa shape index (κ1) is 12.5. The van der Waals surface area contributed by atoms with Crippen LogP contribution in [0.4, 0.5) is 10.5 Å². The van der Waals surface area contributed by atoms with E-state index in [4.69, 9.17) is 10.8 Å². The Morgan fingerprint density at radius 1 is 1.31 bits per heavy atom. The molecule has 1 saturated carbocycles. The first-order chi connectivity index (χ1) is 7.47. The number of carboxylic acid groups (broad SMARTS) is 1. The van der Waals surface area contributed by atoms with E-state index in [1.807, 2.05) is 19.9 Å². The van der Waals surface area contributed by atoms with Gasteiger partial charge in [0.05, 0.1) is 0 Å². The highest BCUT2D eigenvalue weighted by molar-refractivity contribution is 5.83. The third kappa shape index (κ3) is 5.36. The summed E-state index contributed by atoms with van der Waals surface area (Å²) in [6.07, 6.45) is 1.50. The van der Waals surface area contributed by atoms with E-state index < -0.39 is 6.09 Å². The van der Waals surface area contributed by atoms with Crippen molar-refractivity contribution in [3.05, 3.63) is 29.3 Å². The molecule has 0 spiro atoms. The monoisotopic (exact) mass is 222 g/mol. The van der Waals surface area contributed by atoms with E-state index in [1.54, 1.807) is 12.1 Å². The number of nitrogens with two attached hydrogens (primary N) is 1. The van der Waals surface area contributed by atoms with E-state index in [0.29, 0.717) is 11.7 Å². The van der Waals surface area contributed by atoms with Gasteiger partial charge < -0.3 is 10.8 Å². The van der Waals surface area contributed by atoms with Gasteiger partial charge in [-0.05, 0) is 49.9 Å². The van der Waals surface area contributed by atoms with Gasteiger partial charge in [0.1, 0.15) is 0 Å². The van der Waals surface area contributed by atoms with Crippen molar-refractivity contribution in [3.63, 3.8) is 0 Å². The molecule has 1 aromatic rings. The van der Waals surface area contributed by atoms with Crippen LogP contribution in [0.2, 0.25) is 0 Å². The van der Waals surface area contributed by atoms with Gasteiger partial charge in [-0.1, -0.05) is 6.07 Å². The second-order valence-electron chi connectivity index (χ2n) is 4.14. The molecule has 0 saturated heterocycles. The van der Waals surface area contributed by atoms with Crippen LogP contribution in [-0.2, 0) is 0 Å². The van der Waals surface area contributed by atoms with E-state index in [9.17, 15) is 4.79 Å². The lowest BCUT2D eigenvalue weighted by atomic mass is 10.1. The Hall–Kier alpha value is -1.55. The Kier molecular flexibility index (Phi) is 4.31. The van der Waals surface area contributed by atoms with Crippen molar-refractivity contribution < 1.29 is 9.90 Å². The minimum absolute atomic E-state index is 0.583. The van der Waals surface area contributed by atoms with Gasteiger partial charge >= 0.3 is 6.09 Å². The molecule has 0 aliphatic heterocycles. The summed E-state index contributed by atoms with van der Waals surface area (Å²) in [6, 6.07) is 6.16. The fraction of sp³-hybridized carbons (Fsp3) is 0.417. The fourth-order valence-corrected chi connectivity index (χ4v) is 1.27. The number of hydrogen-bond acceptors (Lipinski definition) is 2. The molecule has 0 heterocycles. The molecule has 1 aromatic carbocycles. The molecule has 1 aliphatic rings. The van der Waals surface area contributed by atoms with Crippen LogP contribution < -0.4 is 11.1 Å². The average molecular weight is 222 g/mol. The van der Waals surface area contributed by atoms with Crippen LogP contribution in [-0.4, -0.2) is 17.2 Å². The summed E-state index contributed by atoms with van der Waals surface area (Å²) in [6.45, 7) is 3.86. The maximum absolute atomic E-state index is 10.3. The number of nitrogens with one attached hydrogen (secondary N) is 1. The number of anilines is 1. The lowest BCUT2D eigenvalue weighted by molar-refractivity contribution is 0.210. The molecule has 0 aromatic heterocycles. The van der Waals surface area contributed by atoms with Crippen LogP contribution in [0.5, 0.6) is 0 Å². The summed E-state index contributed by atoms with van der Waals surface area (Å²) < 4.78 is 0. The Morgan fingerprint density at radius 3 is 2.06 bits per heavy atom. The number of hydrogen-bond donors (Lipinski definition) is 3. The molecule has 0 unspecified atom stereocenters. The van der Waals surface area contributed by atoms with E-state index in [0.717, 1.165) is 11.1 Å². The highest BCUT2D eigenvalue weighted by Gasteiger charge is 2.13. The Bertz CT molecular complexity index is 353. The molecule has 16 heavy (non-hydrogen) atoms. The molecule has 0 bridgehead atoms. The molecule has 88 valence electrons. The Morgan fingerprint density at radius 2 is 1.75 bits per heavy atom. The van der Waals surface area contributed by atoms with Gasteiger partial charge in [-0.2, -0.15) is 0 Å². The third-order valence-corrected chi connectivity index (χ3v) is 2.09. The minimum atomic E-state index is -1.03. The van der Waals surface area contributed by atoms with E-state index in [1.165, 1.54) is 12.8 Å². The summed E-state index contributed by atoms with van der Waals surface area (Å²) in [5.41, 5.74) is 7.96. The molecule has 0 atom stereocenters. The molecule has 1 fully saturated rings. The van der Waals surface area contributed by atoms with Gasteiger partial charge in [0.2, 0.25) is 0 Å². The van der Waals surface area contributed by atoms with E-state index in [2.05, 4.69) is 5.32 Å². The van der Waals surface area contributed by atoms with Crippen LogP contribution in [0.15, 0.2) is 18.2 Å². The van der Waals surface area contributed by atoms with Crippen LogP contribution >= 0.6 is 0 Å². The van der Waals surface area contributed by atoms with Crippen molar-refractivity contribution in [3.8, 4) is 0 Å². The predicted molar refractivity (Wildman–Crippen MR) is 64.8 cm³/mol. The van der Waals surface area contributed by atoms with Crippen molar-refractivity contribution in [2.75, 3.05) is 5.32 Å². The van der Waals surface area contributed by atoms with Crippen molar-refractivity contribution in [2.45, 2.75) is 32.7 Å². The lowest BCUT2D eigenvalue weighted by Crippen LogP contribution is -2.07. The van der Waals surface area contributed by atoms with Gasteiger partial charge in [0.25, 0.3) is 0 Å². The number of rotatable bonds is 1. The predicted octanol–water partition coefficient (Wildman–Crippen LogP) is 2.50. The Labute approximate surface area is 95.5 Å². The zero-order valence-electron chi connectivity index (χ0n) is 9.66. The molecule has 1 amide bonds. The number of carbonyl (C=O) groups is 1. The normalized spacial score (nSPS) is 13.7. The topological polar surface area (TPSA) is 75.3 Å². The molecule has 2 rings (SSSR count). The lowest BCUT2D eigenvalue weighted by Gasteiger charge is -2.03. The summed E-state index contributed by atoms with van der Waals surface area (Å²) in [5, 5.41) is 10.7. The zero-order valence-corrected chi connectivity index (χ0v) is 9.66. The van der Waals surface area contributed by atoms with Gasteiger partial charge in [-0.3, -0.25) is 5.32 Å². The quantitative estimate of drug-likeness (QED) is 0.683. The summed E-state index contributed by atoms with van der Waals surface area (Å²) in [5.74, 6) is 0. The second-order valence-corrected chi connectivity index (χ2v) is 4.14. The van der Waals surface area contributed by atoms with Gasteiger partial charge in [-0.25, -0.2) is 4.79 Å². The largest absolute Gasteiger partial charge is 0.465 e. The van der Waals surface area contributed by atoms with Crippen molar-refractivity contribution >= 4 is 11.8 Å². The maximum Gasteiger partial charge on any atom is 0.409 e. The highest BCUT2D eigenvalue weighted by atomic mass is 16.4. The second kappa shape index (κ2) is 5.51. The van der Waals surface area contributed by atoms with Crippen molar-refractivity contribution in [2.24, 2.45) is 5.73 Å². The third-order valence-electron chi connectivity index (χ3n) is 2.09. The number of aryl methyl sites for hydroxylation is 2. The smallest absolute Gasteiger partial charge is 0.409 e. The average Bonchev–Trinajstić information content (AvgIpc) is 2.84. The van der Waals surface area contributed by atoms with Crippen LogP contribution in [0.1, 0.15) is 24.0 Å². The fourth-order valence-electron chi connectivity index (χ4n) is 1.27. The SMILES string of the molecule is Cc1cc(C)cc(NC(=O)O)c1.NC1CC1. The van der Waals surface area contributed by atoms with Gasteiger partial charge in [0.15, 0.2) is 0 Å². The van der Waals surface area contributed by atoms with Gasteiger partial charge in [-0.15, -0.1) is 0 Å². The first-order valence-electron chi connectivity index (χ1n) is 5.31. The Balaban J connectivity index is 0.000000267. The molecule has 1 aliphatic carbocycles. The number of amides is 1. The molecule has 4 nitrogen and oxygen atoms in total. The number of benzene rings is 1. The molecule has 4 heteroatoms. The zero-order chi connectivity index (χ0) is 12.1. The van der Waals surface area contributed by atoms with E-state index >= 15 is 0 Å². The standard InChI is InChI=1S/C9H11NO2.C3H7N/c1-6-3-7(2)5-8(4-6)10-9(11)12;4-3-1-2-3/h3-5,10H,1-2H3,(H,11,12);3H,1-2,4H2. The first-order valence-corrected chi connectivity index (χ1v) is 5.31.